The van der Waals surface area contributed by atoms with Gasteiger partial charge in [0.25, 0.3) is 0 Å². The van der Waals surface area contributed by atoms with Gasteiger partial charge in [-0.15, -0.1) is 0 Å². The molecule has 0 bridgehead atoms. The predicted molar refractivity (Wildman–Crippen MR) is 76.2 cm³/mol. The lowest BCUT2D eigenvalue weighted by Gasteiger charge is -2.21. The molecule has 1 aromatic rings. The third-order valence-corrected chi connectivity index (χ3v) is 3.91. The molecule has 1 fully saturated rings. The highest BCUT2D eigenvalue weighted by Crippen LogP contribution is 2.17. The summed E-state index contributed by atoms with van der Waals surface area (Å²) in [6, 6.07) is 4.74. The second-order valence-corrected chi connectivity index (χ2v) is 5.83. The maximum Gasteiger partial charge on any atom is 0.220 e. The van der Waals surface area contributed by atoms with Gasteiger partial charge in [0.2, 0.25) is 5.91 Å². The average Bonchev–Trinajstić information content (AvgIpc) is 2.41. The number of amides is 1. The van der Waals surface area contributed by atoms with Crippen LogP contribution in [0.25, 0.3) is 0 Å². The Morgan fingerprint density at radius 2 is 2.16 bits per heavy atom. The zero-order valence-corrected chi connectivity index (χ0v) is 12.3. The van der Waals surface area contributed by atoms with Crippen LogP contribution < -0.4 is 10.6 Å². The smallest absolute Gasteiger partial charge is 0.220 e. The van der Waals surface area contributed by atoms with E-state index in [4.69, 9.17) is 0 Å². The van der Waals surface area contributed by atoms with Crippen molar-refractivity contribution in [2.24, 2.45) is 5.92 Å². The molecule has 2 rings (SSSR count). The minimum absolute atomic E-state index is 0.00581. The normalized spacial score (nSPS) is 16.3. The van der Waals surface area contributed by atoms with Crippen LogP contribution in [0.3, 0.4) is 0 Å². The van der Waals surface area contributed by atoms with E-state index in [1.807, 2.05) is 0 Å². The number of carbonyl (C=O) groups is 1. The summed E-state index contributed by atoms with van der Waals surface area (Å²) in [5.41, 5.74) is 0.507. The fourth-order valence-electron chi connectivity index (χ4n) is 2.29. The predicted octanol–water partition coefficient (Wildman–Crippen LogP) is 2.59. The molecule has 1 aliphatic heterocycles. The molecule has 0 atom stereocenters. The van der Waals surface area contributed by atoms with Gasteiger partial charge in [-0.2, -0.15) is 0 Å². The second kappa shape index (κ2) is 7.01. The topological polar surface area (TPSA) is 41.1 Å². The van der Waals surface area contributed by atoms with Crippen molar-refractivity contribution in [3.8, 4) is 0 Å². The van der Waals surface area contributed by atoms with Crippen LogP contribution in [0.2, 0.25) is 0 Å². The molecule has 1 amide bonds. The molecule has 0 radical (unpaired) electrons. The Hall–Kier alpha value is -0.940. The third-order valence-electron chi connectivity index (χ3n) is 3.42. The van der Waals surface area contributed by atoms with Crippen molar-refractivity contribution >= 4 is 21.8 Å². The standard InChI is InChI=1S/C14H18BrFN2O/c15-12-1-2-13(16)11(8-12)9-18-14(19)7-10-3-5-17-6-4-10/h1-2,8,10,17H,3-7,9H2,(H,18,19). The number of benzene rings is 1. The largest absolute Gasteiger partial charge is 0.352 e. The Kier molecular flexibility index (Phi) is 5.34. The molecule has 19 heavy (non-hydrogen) atoms. The Balaban J connectivity index is 1.81. The molecule has 0 saturated carbocycles. The van der Waals surface area contributed by atoms with Crippen molar-refractivity contribution in [1.82, 2.24) is 10.6 Å². The van der Waals surface area contributed by atoms with E-state index in [-0.39, 0.29) is 18.3 Å². The number of piperidine rings is 1. The van der Waals surface area contributed by atoms with Gasteiger partial charge in [0.1, 0.15) is 5.82 Å². The summed E-state index contributed by atoms with van der Waals surface area (Å²) >= 11 is 3.30. The van der Waals surface area contributed by atoms with Crippen LogP contribution in [-0.4, -0.2) is 19.0 Å². The maximum atomic E-state index is 13.5. The van der Waals surface area contributed by atoms with Crippen LogP contribution in [0.5, 0.6) is 0 Å². The monoisotopic (exact) mass is 328 g/mol. The van der Waals surface area contributed by atoms with Crippen molar-refractivity contribution in [3.05, 3.63) is 34.1 Å². The minimum Gasteiger partial charge on any atom is -0.352 e. The zero-order chi connectivity index (χ0) is 13.7. The first kappa shape index (κ1) is 14.5. The Bertz CT molecular complexity index is 447. The van der Waals surface area contributed by atoms with Crippen LogP contribution in [-0.2, 0) is 11.3 Å². The Morgan fingerprint density at radius 3 is 2.89 bits per heavy atom. The number of halogens is 2. The van der Waals surface area contributed by atoms with Gasteiger partial charge in [0.05, 0.1) is 0 Å². The number of rotatable bonds is 4. The molecule has 3 nitrogen and oxygen atoms in total. The maximum absolute atomic E-state index is 13.5. The molecular weight excluding hydrogens is 311 g/mol. The average molecular weight is 329 g/mol. The highest BCUT2D eigenvalue weighted by Gasteiger charge is 2.16. The van der Waals surface area contributed by atoms with Crippen molar-refractivity contribution in [3.63, 3.8) is 0 Å². The van der Waals surface area contributed by atoms with Crippen molar-refractivity contribution in [2.75, 3.05) is 13.1 Å². The van der Waals surface area contributed by atoms with Crippen LogP contribution in [0, 0.1) is 11.7 Å². The summed E-state index contributed by atoms with van der Waals surface area (Å²) in [7, 11) is 0. The van der Waals surface area contributed by atoms with Crippen molar-refractivity contribution < 1.29 is 9.18 Å². The summed E-state index contributed by atoms with van der Waals surface area (Å²) in [6.07, 6.45) is 2.62. The minimum atomic E-state index is -0.287. The number of hydrogen-bond donors (Lipinski definition) is 2. The molecule has 1 aliphatic rings. The molecule has 1 saturated heterocycles. The van der Waals surface area contributed by atoms with E-state index in [1.54, 1.807) is 12.1 Å². The SMILES string of the molecule is O=C(CC1CCNCC1)NCc1cc(Br)ccc1F. The summed E-state index contributed by atoms with van der Waals surface area (Å²) in [4.78, 5) is 11.8. The summed E-state index contributed by atoms with van der Waals surface area (Å²) in [5.74, 6) is 0.172. The first-order valence-electron chi connectivity index (χ1n) is 6.56. The zero-order valence-electron chi connectivity index (χ0n) is 10.7. The first-order chi connectivity index (χ1) is 9.15. The van der Waals surface area contributed by atoms with Gasteiger partial charge >= 0.3 is 0 Å². The highest BCUT2D eigenvalue weighted by atomic mass is 79.9. The van der Waals surface area contributed by atoms with Gasteiger partial charge in [-0.25, -0.2) is 4.39 Å². The van der Waals surface area contributed by atoms with Gasteiger partial charge in [0.15, 0.2) is 0 Å². The quantitative estimate of drug-likeness (QED) is 0.892. The van der Waals surface area contributed by atoms with Gasteiger partial charge < -0.3 is 10.6 Å². The van der Waals surface area contributed by atoms with E-state index in [0.29, 0.717) is 17.9 Å². The molecule has 5 heteroatoms. The molecule has 0 unspecified atom stereocenters. The fourth-order valence-corrected chi connectivity index (χ4v) is 2.70. The molecule has 0 spiro atoms. The van der Waals surface area contributed by atoms with Crippen molar-refractivity contribution in [2.45, 2.75) is 25.8 Å². The van der Waals surface area contributed by atoms with Gasteiger partial charge in [-0.05, 0) is 50.0 Å². The Labute approximate surface area is 121 Å². The van der Waals surface area contributed by atoms with E-state index < -0.39 is 0 Å². The lowest BCUT2D eigenvalue weighted by molar-refractivity contribution is -0.122. The summed E-state index contributed by atoms with van der Waals surface area (Å²) in [6.45, 7) is 2.21. The van der Waals surface area contributed by atoms with E-state index in [2.05, 4.69) is 26.6 Å². The van der Waals surface area contributed by atoms with E-state index in [0.717, 1.165) is 30.4 Å². The summed E-state index contributed by atoms with van der Waals surface area (Å²) < 4.78 is 14.3. The Morgan fingerprint density at radius 1 is 1.42 bits per heavy atom. The van der Waals surface area contributed by atoms with Crippen LogP contribution >= 0.6 is 15.9 Å². The molecule has 0 aliphatic carbocycles. The van der Waals surface area contributed by atoms with Crippen LogP contribution in [0.4, 0.5) is 4.39 Å². The lowest BCUT2D eigenvalue weighted by atomic mass is 9.94. The van der Waals surface area contributed by atoms with Crippen molar-refractivity contribution in [1.29, 1.82) is 0 Å². The third kappa shape index (κ3) is 4.58. The molecule has 1 heterocycles. The molecule has 1 aromatic carbocycles. The van der Waals surface area contributed by atoms with E-state index in [9.17, 15) is 9.18 Å². The molecular formula is C14H18BrFN2O. The molecule has 2 N–H and O–H groups in total. The number of nitrogens with one attached hydrogen (secondary N) is 2. The fraction of sp³-hybridized carbons (Fsp3) is 0.500. The van der Waals surface area contributed by atoms with E-state index in [1.165, 1.54) is 6.07 Å². The first-order valence-corrected chi connectivity index (χ1v) is 7.36. The highest BCUT2D eigenvalue weighted by molar-refractivity contribution is 9.10. The van der Waals surface area contributed by atoms with Crippen LogP contribution in [0.15, 0.2) is 22.7 Å². The molecule has 104 valence electrons. The lowest BCUT2D eigenvalue weighted by Crippen LogP contribution is -2.32. The van der Waals surface area contributed by atoms with Gasteiger partial charge in [0, 0.05) is 23.0 Å². The van der Waals surface area contributed by atoms with Gasteiger partial charge in [-0.3, -0.25) is 4.79 Å². The second-order valence-electron chi connectivity index (χ2n) is 4.91. The number of carbonyl (C=O) groups excluding carboxylic acids is 1. The van der Waals surface area contributed by atoms with Gasteiger partial charge in [-0.1, -0.05) is 15.9 Å². The number of hydrogen-bond acceptors (Lipinski definition) is 2. The molecule has 0 aromatic heterocycles. The van der Waals surface area contributed by atoms with E-state index >= 15 is 0 Å². The van der Waals surface area contributed by atoms with Crippen LogP contribution in [0.1, 0.15) is 24.8 Å². The summed E-state index contributed by atoms with van der Waals surface area (Å²) in [5, 5.41) is 6.07.